The minimum Gasteiger partial charge on any atom is -0.324 e. The first-order valence-corrected chi connectivity index (χ1v) is 6.60. The number of aromatic nitrogens is 3. The van der Waals surface area contributed by atoms with Crippen LogP contribution in [0.2, 0.25) is 0 Å². The molecule has 0 aliphatic heterocycles. The molecule has 0 fully saturated rings. The number of nitrogens with zero attached hydrogens (tertiary/aromatic N) is 5. The van der Waals surface area contributed by atoms with E-state index in [9.17, 15) is 8.78 Å². The first-order chi connectivity index (χ1) is 11.2. The summed E-state index contributed by atoms with van der Waals surface area (Å²) in [6, 6.07) is 16.0. The highest BCUT2D eigenvalue weighted by Crippen LogP contribution is 2.21. The van der Waals surface area contributed by atoms with Crippen LogP contribution in [0.15, 0.2) is 64.8 Å². The number of nitrogens with one attached hydrogen (secondary N) is 1. The molecule has 8 heteroatoms. The van der Waals surface area contributed by atoms with Gasteiger partial charge in [0.25, 0.3) is 0 Å². The first-order valence-electron chi connectivity index (χ1n) is 6.60. The molecular formula is C15H10F2N6. The number of rotatable bonds is 4. The average molecular weight is 312 g/mol. The van der Waals surface area contributed by atoms with Gasteiger partial charge in [-0.25, -0.2) is 0 Å². The lowest BCUT2D eigenvalue weighted by Gasteiger charge is -2.04. The van der Waals surface area contributed by atoms with Crippen LogP contribution in [0.1, 0.15) is 0 Å². The number of hydrogen-bond acceptors (Lipinski definition) is 6. The maximum atomic E-state index is 12.9. The number of anilines is 2. The van der Waals surface area contributed by atoms with Crippen LogP contribution in [0, 0.1) is 12.2 Å². The predicted octanol–water partition coefficient (Wildman–Crippen LogP) is 4.31. The second-order valence-electron chi connectivity index (χ2n) is 4.40. The fourth-order valence-electron chi connectivity index (χ4n) is 1.73. The van der Waals surface area contributed by atoms with E-state index in [1.807, 2.05) is 30.3 Å². The van der Waals surface area contributed by atoms with E-state index < -0.39 is 12.2 Å². The summed E-state index contributed by atoms with van der Waals surface area (Å²) in [5, 5.41) is 10.8. The van der Waals surface area contributed by atoms with Gasteiger partial charge in [0.15, 0.2) is 0 Å². The van der Waals surface area contributed by atoms with Crippen LogP contribution in [-0.4, -0.2) is 15.0 Å². The maximum absolute atomic E-state index is 12.9. The fourth-order valence-corrected chi connectivity index (χ4v) is 1.73. The Morgan fingerprint density at radius 3 is 1.87 bits per heavy atom. The molecule has 23 heavy (non-hydrogen) atoms. The summed E-state index contributed by atoms with van der Waals surface area (Å²) in [6.45, 7) is 0. The van der Waals surface area contributed by atoms with Gasteiger partial charge in [0.2, 0.25) is 5.95 Å². The normalized spacial score (nSPS) is 10.9. The molecule has 0 amide bonds. The minimum absolute atomic E-state index is 0.214. The highest BCUT2D eigenvalue weighted by Gasteiger charge is 2.05. The lowest BCUT2D eigenvalue weighted by atomic mass is 10.3. The van der Waals surface area contributed by atoms with Gasteiger partial charge in [-0.1, -0.05) is 18.2 Å². The van der Waals surface area contributed by atoms with Crippen molar-refractivity contribution in [1.82, 2.24) is 15.0 Å². The van der Waals surface area contributed by atoms with E-state index in [1.165, 1.54) is 0 Å². The van der Waals surface area contributed by atoms with Gasteiger partial charge in [-0.2, -0.15) is 34.0 Å². The molecule has 1 N–H and O–H groups in total. The van der Waals surface area contributed by atoms with E-state index in [-0.39, 0.29) is 5.95 Å². The summed E-state index contributed by atoms with van der Waals surface area (Å²) >= 11 is 0. The minimum atomic E-state index is -1.19. The number of hydrogen-bond donors (Lipinski definition) is 1. The third kappa shape index (κ3) is 4.10. The molecule has 0 spiro atoms. The second kappa shape index (κ2) is 6.65. The average Bonchev–Trinajstić information content (AvgIpc) is 2.54. The highest BCUT2D eigenvalue weighted by atomic mass is 19.1. The van der Waals surface area contributed by atoms with Crippen LogP contribution in [0.3, 0.4) is 0 Å². The zero-order valence-electron chi connectivity index (χ0n) is 11.7. The highest BCUT2D eigenvalue weighted by molar-refractivity contribution is 5.56. The van der Waals surface area contributed by atoms with Crippen LogP contribution in [0.5, 0.6) is 0 Å². The SMILES string of the molecule is Fc1nc(F)nc(Nc2ccc(/N=N/c3ccccc3)cc2)n1. The molecule has 1 heterocycles. The smallest absolute Gasteiger partial charge is 0.315 e. The van der Waals surface area contributed by atoms with Crippen molar-refractivity contribution in [3.63, 3.8) is 0 Å². The molecule has 1 aromatic heterocycles. The van der Waals surface area contributed by atoms with Gasteiger partial charge in [0.05, 0.1) is 11.4 Å². The van der Waals surface area contributed by atoms with E-state index in [2.05, 4.69) is 30.5 Å². The van der Waals surface area contributed by atoms with Crippen molar-refractivity contribution in [3.05, 3.63) is 66.8 Å². The molecule has 114 valence electrons. The number of benzene rings is 2. The Labute approximate surface area is 130 Å². The molecule has 0 bridgehead atoms. The number of azo groups is 1. The van der Waals surface area contributed by atoms with Gasteiger partial charge in [0, 0.05) is 5.69 Å². The Morgan fingerprint density at radius 1 is 0.696 bits per heavy atom. The molecule has 0 saturated heterocycles. The maximum Gasteiger partial charge on any atom is 0.315 e. The first kappa shape index (κ1) is 14.6. The molecule has 0 atom stereocenters. The molecule has 0 radical (unpaired) electrons. The van der Waals surface area contributed by atoms with Crippen molar-refractivity contribution in [2.75, 3.05) is 5.32 Å². The van der Waals surface area contributed by atoms with Crippen molar-refractivity contribution in [3.8, 4) is 0 Å². The van der Waals surface area contributed by atoms with Gasteiger partial charge in [-0.15, -0.1) is 0 Å². The monoisotopic (exact) mass is 312 g/mol. The third-order valence-corrected chi connectivity index (χ3v) is 2.74. The summed E-state index contributed by atoms with van der Waals surface area (Å²) in [5.41, 5.74) is 1.92. The Morgan fingerprint density at radius 2 is 1.26 bits per heavy atom. The molecular weight excluding hydrogens is 302 g/mol. The van der Waals surface area contributed by atoms with Gasteiger partial charge < -0.3 is 5.32 Å². The number of halogens is 2. The Balaban J connectivity index is 1.71. The molecule has 0 saturated carbocycles. The molecule has 2 aromatic carbocycles. The van der Waals surface area contributed by atoms with E-state index in [0.717, 1.165) is 5.69 Å². The molecule has 0 aliphatic rings. The standard InChI is InChI=1S/C15H10F2N6/c16-13-19-14(17)21-15(20-13)18-10-6-8-12(9-7-10)23-22-11-4-2-1-3-5-11/h1-9H,(H,18,19,20,21)/b23-22+. The van der Waals surface area contributed by atoms with Crippen LogP contribution in [0.4, 0.5) is 31.8 Å². The van der Waals surface area contributed by atoms with E-state index in [1.54, 1.807) is 24.3 Å². The summed E-state index contributed by atoms with van der Waals surface area (Å²) < 4.78 is 25.8. The molecule has 3 aromatic rings. The Kier molecular flexibility index (Phi) is 4.23. The van der Waals surface area contributed by atoms with Crippen molar-refractivity contribution in [2.24, 2.45) is 10.2 Å². The summed E-state index contributed by atoms with van der Waals surface area (Å²) in [6.07, 6.45) is -2.37. The second-order valence-corrected chi connectivity index (χ2v) is 4.40. The van der Waals surface area contributed by atoms with Crippen LogP contribution in [-0.2, 0) is 0 Å². The zero-order chi connectivity index (χ0) is 16.1. The van der Waals surface area contributed by atoms with Gasteiger partial charge >= 0.3 is 12.2 Å². The van der Waals surface area contributed by atoms with Crippen molar-refractivity contribution in [1.29, 1.82) is 0 Å². The summed E-state index contributed by atoms with van der Waals surface area (Å²) in [5.74, 6) is -0.214. The molecule has 0 unspecified atom stereocenters. The largest absolute Gasteiger partial charge is 0.324 e. The van der Waals surface area contributed by atoms with Crippen LogP contribution >= 0.6 is 0 Å². The topological polar surface area (TPSA) is 75.4 Å². The molecule has 6 nitrogen and oxygen atoms in total. The van der Waals surface area contributed by atoms with Crippen molar-refractivity contribution in [2.45, 2.75) is 0 Å². The van der Waals surface area contributed by atoms with Crippen LogP contribution < -0.4 is 5.32 Å². The van der Waals surface area contributed by atoms with Crippen molar-refractivity contribution < 1.29 is 8.78 Å². The zero-order valence-corrected chi connectivity index (χ0v) is 11.7. The van der Waals surface area contributed by atoms with E-state index in [0.29, 0.717) is 11.4 Å². The Bertz CT molecular complexity index is 801. The van der Waals surface area contributed by atoms with Crippen LogP contribution in [0.25, 0.3) is 0 Å². The summed E-state index contributed by atoms with van der Waals surface area (Å²) in [7, 11) is 0. The third-order valence-electron chi connectivity index (χ3n) is 2.74. The van der Waals surface area contributed by atoms with E-state index >= 15 is 0 Å². The summed E-state index contributed by atoms with van der Waals surface area (Å²) in [4.78, 5) is 9.51. The van der Waals surface area contributed by atoms with Gasteiger partial charge in [-0.05, 0) is 36.4 Å². The quantitative estimate of drug-likeness (QED) is 0.728. The lowest BCUT2D eigenvalue weighted by molar-refractivity contribution is 0.458. The molecule has 0 aliphatic carbocycles. The van der Waals surface area contributed by atoms with Gasteiger partial charge in [-0.3, -0.25) is 0 Å². The van der Waals surface area contributed by atoms with Crippen molar-refractivity contribution >= 4 is 23.0 Å². The lowest BCUT2D eigenvalue weighted by Crippen LogP contribution is -2.03. The van der Waals surface area contributed by atoms with Gasteiger partial charge in [0.1, 0.15) is 0 Å². The fraction of sp³-hybridized carbons (Fsp3) is 0. The molecule has 3 rings (SSSR count). The predicted molar refractivity (Wildman–Crippen MR) is 80.1 cm³/mol. The van der Waals surface area contributed by atoms with E-state index in [4.69, 9.17) is 0 Å². The Hall–Kier alpha value is -3.29.